The zero-order chi connectivity index (χ0) is 31.1. The summed E-state index contributed by atoms with van der Waals surface area (Å²) >= 11 is 6.36. The molecule has 3 aliphatic heterocycles. The average molecular weight is 619 g/mol. The van der Waals surface area contributed by atoms with Gasteiger partial charge in [-0.1, -0.05) is 35.9 Å². The van der Waals surface area contributed by atoms with Crippen LogP contribution in [0.2, 0.25) is 5.02 Å². The quantitative estimate of drug-likeness (QED) is 0.413. The number of carbonyl (C=O) groups excluding carboxylic acids is 3. The van der Waals surface area contributed by atoms with Crippen molar-refractivity contribution in [2.75, 3.05) is 57.3 Å². The second-order valence-corrected chi connectivity index (χ2v) is 12.7. The Balaban J connectivity index is 1.19. The maximum Gasteiger partial charge on any atom is 0.406 e. The number of halogens is 4. The standard InChI is InChI=1S/C32H38ClF3N4O3/c1-20-8-9-26(13-27(20)33)40(30(42)23-12-28(41)39(16-23)19-32(34,35)36)11-5-10-37-14-24-17-38(18-25(24)15-37)31(43)29-21(2)6-4-7-22(29)3/h4,6-9,13,23-25H,5,10-12,14-19H2,1-3H3. The summed E-state index contributed by atoms with van der Waals surface area (Å²) in [5.41, 5.74) is 4.20. The van der Waals surface area contributed by atoms with Crippen LogP contribution in [-0.2, 0) is 9.59 Å². The molecule has 0 aromatic heterocycles. The molecule has 3 fully saturated rings. The summed E-state index contributed by atoms with van der Waals surface area (Å²) in [5, 5.41) is 0.490. The highest BCUT2D eigenvalue weighted by molar-refractivity contribution is 6.31. The number of likely N-dealkylation sites (tertiary alicyclic amines) is 3. The zero-order valence-corrected chi connectivity index (χ0v) is 25.5. The number of aryl methyl sites for hydroxylation is 3. The molecule has 3 saturated heterocycles. The molecule has 43 heavy (non-hydrogen) atoms. The fourth-order valence-corrected chi connectivity index (χ4v) is 7.02. The van der Waals surface area contributed by atoms with E-state index in [-0.39, 0.29) is 24.8 Å². The number of alkyl halides is 3. The van der Waals surface area contributed by atoms with Gasteiger partial charge in [0.25, 0.3) is 5.91 Å². The summed E-state index contributed by atoms with van der Waals surface area (Å²) < 4.78 is 38.9. The minimum Gasteiger partial charge on any atom is -0.338 e. The Morgan fingerprint density at radius 1 is 0.953 bits per heavy atom. The Morgan fingerprint density at radius 3 is 2.21 bits per heavy atom. The second kappa shape index (κ2) is 12.5. The molecule has 3 heterocycles. The molecular weight excluding hydrogens is 581 g/mol. The topological polar surface area (TPSA) is 64.2 Å². The van der Waals surface area contributed by atoms with Crippen LogP contribution in [0.4, 0.5) is 18.9 Å². The number of fused-ring (bicyclic) bond motifs is 1. The first-order valence-corrected chi connectivity index (χ1v) is 15.2. The van der Waals surface area contributed by atoms with E-state index in [9.17, 15) is 27.6 Å². The number of nitrogens with zero attached hydrogens (tertiary/aromatic N) is 4. The monoisotopic (exact) mass is 618 g/mol. The van der Waals surface area contributed by atoms with Crippen LogP contribution in [0.3, 0.4) is 0 Å². The molecule has 3 atom stereocenters. The number of hydrogen-bond acceptors (Lipinski definition) is 4. The van der Waals surface area contributed by atoms with E-state index in [1.54, 1.807) is 23.1 Å². The predicted molar refractivity (Wildman–Crippen MR) is 159 cm³/mol. The highest BCUT2D eigenvalue weighted by Gasteiger charge is 2.43. The van der Waals surface area contributed by atoms with Crippen molar-refractivity contribution in [3.05, 3.63) is 63.7 Å². The van der Waals surface area contributed by atoms with E-state index in [4.69, 9.17) is 11.6 Å². The lowest BCUT2D eigenvalue weighted by atomic mass is 10.0. The summed E-state index contributed by atoms with van der Waals surface area (Å²) in [7, 11) is 0. The van der Waals surface area contributed by atoms with Crippen LogP contribution in [0.15, 0.2) is 36.4 Å². The van der Waals surface area contributed by atoms with Crippen LogP contribution in [0, 0.1) is 38.5 Å². The Hall–Kier alpha value is -3.11. The molecule has 0 aliphatic carbocycles. The first-order chi connectivity index (χ1) is 20.3. The molecule has 0 bridgehead atoms. The lowest BCUT2D eigenvalue weighted by Crippen LogP contribution is -2.40. The normalized spacial score (nSPS) is 22.4. The van der Waals surface area contributed by atoms with E-state index >= 15 is 0 Å². The summed E-state index contributed by atoms with van der Waals surface area (Å²) in [6.07, 6.45) is -4.11. The molecule has 0 radical (unpaired) electrons. The zero-order valence-electron chi connectivity index (χ0n) is 24.8. The maximum absolute atomic E-state index is 13.6. The molecule has 0 saturated carbocycles. The molecule has 3 unspecified atom stereocenters. The van der Waals surface area contributed by atoms with E-state index in [0.29, 0.717) is 35.5 Å². The average Bonchev–Trinajstić information content (AvgIpc) is 3.60. The van der Waals surface area contributed by atoms with Gasteiger partial charge in [0, 0.05) is 62.0 Å². The highest BCUT2D eigenvalue weighted by Crippen LogP contribution is 2.33. The molecule has 3 aliphatic rings. The number of rotatable bonds is 8. The third kappa shape index (κ3) is 7.01. The largest absolute Gasteiger partial charge is 0.406 e. The molecular formula is C32H38ClF3N4O3. The van der Waals surface area contributed by atoms with Crippen molar-refractivity contribution in [3.8, 4) is 0 Å². The van der Waals surface area contributed by atoms with E-state index in [0.717, 1.165) is 59.9 Å². The van der Waals surface area contributed by atoms with Crippen LogP contribution >= 0.6 is 11.6 Å². The van der Waals surface area contributed by atoms with Crippen molar-refractivity contribution < 1.29 is 27.6 Å². The lowest BCUT2D eigenvalue weighted by molar-refractivity contribution is -0.157. The van der Waals surface area contributed by atoms with Crippen LogP contribution in [0.5, 0.6) is 0 Å². The number of anilines is 1. The third-order valence-electron chi connectivity index (χ3n) is 9.07. The molecule has 5 rings (SSSR count). The van der Waals surface area contributed by atoms with Crippen LogP contribution in [0.1, 0.15) is 39.9 Å². The van der Waals surface area contributed by atoms with Crippen molar-refractivity contribution in [3.63, 3.8) is 0 Å². The van der Waals surface area contributed by atoms with Gasteiger partial charge >= 0.3 is 6.18 Å². The minimum absolute atomic E-state index is 0.0988. The third-order valence-corrected chi connectivity index (χ3v) is 9.47. The highest BCUT2D eigenvalue weighted by atomic mass is 35.5. The van der Waals surface area contributed by atoms with Gasteiger partial charge in [0.1, 0.15) is 6.54 Å². The van der Waals surface area contributed by atoms with Crippen LogP contribution in [0.25, 0.3) is 0 Å². The molecule has 0 spiro atoms. The molecule has 3 amide bonds. The van der Waals surface area contributed by atoms with Crippen molar-refractivity contribution in [1.82, 2.24) is 14.7 Å². The molecule has 232 valence electrons. The predicted octanol–water partition coefficient (Wildman–Crippen LogP) is 5.10. The summed E-state index contributed by atoms with van der Waals surface area (Å²) in [6.45, 7) is 8.48. The van der Waals surface area contributed by atoms with Gasteiger partial charge in [-0.2, -0.15) is 13.2 Å². The first kappa shape index (κ1) is 31.3. The fourth-order valence-electron chi connectivity index (χ4n) is 6.84. The van der Waals surface area contributed by atoms with E-state index in [1.165, 1.54) is 0 Å². The van der Waals surface area contributed by atoms with Crippen molar-refractivity contribution >= 4 is 35.0 Å². The van der Waals surface area contributed by atoms with Gasteiger partial charge in [-0.3, -0.25) is 14.4 Å². The number of amides is 3. The Labute approximate surface area is 255 Å². The van der Waals surface area contributed by atoms with Gasteiger partial charge in [-0.05, 0) is 74.4 Å². The number of benzene rings is 2. The van der Waals surface area contributed by atoms with Gasteiger partial charge < -0.3 is 19.6 Å². The summed E-state index contributed by atoms with van der Waals surface area (Å²) in [4.78, 5) is 45.8. The molecule has 2 aromatic carbocycles. The lowest BCUT2D eigenvalue weighted by Gasteiger charge is -2.28. The minimum atomic E-state index is -4.52. The van der Waals surface area contributed by atoms with E-state index in [2.05, 4.69) is 4.90 Å². The van der Waals surface area contributed by atoms with Gasteiger partial charge in [-0.15, -0.1) is 0 Å². The van der Waals surface area contributed by atoms with Gasteiger partial charge in [0.2, 0.25) is 11.8 Å². The molecule has 0 N–H and O–H groups in total. The molecule has 2 aromatic rings. The Kier molecular flexibility index (Phi) is 9.09. The van der Waals surface area contributed by atoms with Crippen molar-refractivity contribution in [1.29, 1.82) is 0 Å². The molecule has 7 nitrogen and oxygen atoms in total. The van der Waals surface area contributed by atoms with Crippen molar-refractivity contribution in [2.45, 2.75) is 39.8 Å². The summed E-state index contributed by atoms with van der Waals surface area (Å²) in [5.74, 6) is -0.983. The fraction of sp³-hybridized carbons (Fsp3) is 0.531. The van der Waals surface area contributed by atoms with E-state index < -0.39 is 24.5 Å². The van der Waals surface area contributed by atoms with Crippen molar-refractivity contribution in [2.24, 2.45) is 17.8 Å². The number of carbonyl (C=O) groups is 3. The van der Waals surface area contributed by atoms with Gasteiger partial charge in [0.05, 0.1) is 5.92 Å². The van der Waals surface area contributed by atoms with Crippen LogP contribution in [-0.4, -0.2) is 91.0 Å². The molecule has 11 heteroatoms. The smallest absolute Gasteiger partial charge is 0.338 e. The van der Waals surface area contributed by atoms with Gasteiger partial charge in [0.15, 0.2) is 0 Å². The van der Waals surface area contributed by atoms with Gasteiger partial charge in [-0.25, -0.2) is 0 Å². The second-order valence-electron chi connectivity index (χ2n) is 12.3. The maximum atomic E-state index is 13.6. The van der Waals surface area contributed by atoms with E-state index in [1.807, 2.05) is 43.9 Å². The first-order valence-electron chi connectivity index (χ1n) is 14.8. The van der Waals surface area contributed by atoms with Crippen LogP contribution < -0.4 is 4.90 Å². The Morgan fingerprint density at radius 2 is 1.60 bits per heavy atom. The number of hydrogen-bond donors (Lipinski definition) is 0. The Bertz CT molecular complexity index is 1370. The summed E-state index contributed by atoms with van der Waals surface area (Å²) in [6, 6.07) is 11.2. The SMILES string of the molecule is Cc1ccc(N(CCCN2CC3CN(C(=O)c4c(C)cccc4C)CC3C2)C(=O)C2CC(=O)N(CC(F)(F)F)C2)cc1Cl.